The van der Waals surface area contributed by atoms with Gasteiger partial charge in [-0.1, -0.05) is 11.6 Å². The number of hydrogen-bond donors (Lipinski definition) is 2. The molecule has 0 saturated heterocycles. The lowest BCUT2D eigenvalue weighted by atomic mass is 10.3. The van der Waals surface area contributed by atoms with E-state index in [0.717, 1.165) is 11.4 Å². The van der Waals surface area contributed by atoms with Crippen molar-refractivity contribution in [3.63, 3.8) is 0 Å². The van der Waals surface area contributed by atoms with E-state index in [2.05, 4.69) is 30.7 Å². The zero-order valence-corrected chi connectivity index (χ0v) is 16.3. The van der Waals surface area contributed by atoms with Gasteiger partial charge in [-0.2, -0.15) is 4.98 Å². The van der Waals surface area contributed by atoms with Gasteiger partial charge in [-0.15, -0.1) is 11.8 Å². The van der Waals surface area contributed by atoms with Crippen LogP contribution in [0.4, 0.5) is 17.6 Å². The first kappa shape index (κ1) is 19.1. The highest BCUT2D eigenvalue weighted by Crippen LogP contribution is 2.16. The number of hydrogen-bond acceptors (Lipinski definition) is 8. The summed E-state index contributed by atoms with van der Waals surface area (Å²) in [6.45, 7) is 3.76. The third kappa shape index (κ3) is 5.93. The third-order valence-corrected chi connectivity index (χ3v) is 4.43. The summed E-state index contributed by atoms with van der Waals surface area (Å²) in [5.74, 6) is 1.65. The average Bonchev–Trinajstić information content (AvgIpc) is 3.03. The van der Waals surface area contributed by atoms with Crippen LogP contribution in [0.25, 0.3) is 0 Å². The van der Waals surface area contributed by atoms with Gasteiger partial charge in [0.2, 0.25) is 17.7 Å². The van der Waals surface area contributed by atoms with E-state index in [1.807, 2.05) is 19.9 Å². The Bertz CT molecular complexity index is 911. The van der Waals surface area contributed by atoms with Gasteiger partial charge in [-0.05, 0) is 49.3 Å². The zero-order valence-electron chi connectivity index (χ0n) is 14.7. The van der Waals surface area contributed by atoms with Crippen LogP contribution >= 0.6 is 23.4 Å². The first-order valence-electron chi connectivity index (χ1n) is 8.03. The molecule has 8 nitrogen and oxygen atoms in total. The minimum atomic E-state index is -0.121. The van der Waals surface area contributed by atoms with Crippen molar-refractivity contribution >= 4 is 46.9 Å². The van der Waals surface area contributed by atoms with Crippen molar-refractivity contribution in [2.24, 2.45) is 0 Å². The standard InChI is InChI=1S/C17H17ClN6O2S/c1-10-7-11(2)20-16(19-10)23-17-22-15(26-24-17)9-27-8-14(25)21-13-5-3-12(18)4-6-13/h3-7H,8-9H2,1-2H3,(H,21,25)(H,19,20,23,24). The van der Waals surface area contributed by atoms with Gasteiger partial charge in [0.15, 0.2) is 0 Å². The summed E-state index contributed by atoms with van der Waals surface area (Å²) in [6.07, 6.45) is 0. The predicted molar refractivity (Wildman–Crippen MR) is 105 cm³/mol. The van der Waals surface area contributed by atoms with Crippen LogP contribution in [0.5, 0.6) is 0 Å². The molecule has 2 N–H and O–H groups in total. The predicted octanol–water partition coefficient (Wildman–Crippen LogP) is 3.75. The van der Waals surface area contributed by atoms with Crippen molar-refractivity contribution in [2.75, 3.05) is 16.4 Å². The van der Waals surface area contributed by atoms with Crippen LogP contribution in [0.3, 0.4) is 0 Å². The van der Waals surface area contributed by atoms with Crippen molar-refractivity contribution in [2.45, 2.75) is 19.6 Å². The van der Waals surface area contributed by atoms with Gasteiger partial charge in [0.25, 0.3) is 5.95 Å². The van der Waals surface area contributed by atoms with Crippen LogP contribution < -0.4 is 10.6 Å². The Balaban J connectivity index is 1.46. The number of carbonyl (C=O) groups excluding carboxylic acids is 1. The summed E-state index contributed by atoms with van der Waals surface area (Å²) in [6, 6.07) is 8.80. The van der Waals surface area contributed by atoms with E-state index in [0.29, 0.717) is 28.3 Å². The lowest BCUT2D eigenvalue weighted by Crippen LogP contribution is -2.14. The second kappa shape index (κ2) is 8.83. The van der Waals surface area contributed by atoms with Crippen molar-refractivity contribution in [1.29, 1.82) is 0 Å². The maximum Gasteiger partial charge on any atom is 0.270 e. The quantitative estimate of drug-likeness (QED) is 0.613. The minimum Gasteiger partial charge on any atom is -0.336 e. The molecule has 0 spiro atoms. The zero-order chi connectivity index (χ0) is 19.2. The molecule has 0 unspecified atom stereocenters. The van der Waals surface area contributed by atoms with Crippen LogP contribution in [0, 0.1) is 13.8 Å². The number of benzene rings is 1. The average molecular weight is 405 g/mol. The lowest BCUT2D eigenvalue weighted by Gasteiger charge is -2.04. The maximum absolute atomic E-state index is 11.9. The summed E-state index contributed by atoms with van der Waals surface area (Å²) in [7, 11) is 0. The lowest BCUT2D eigenvalue weighted by molar-refractivity contribution is -0.113. The number of rotatable bonds is 7. The Morgan fingerprint density at radius 2 is 1.81 bits per heavy atom. The molecule has 0 fully saturated rings. The fourth-order valence-electron chi connectivity index (χ4n) is 2.21. The number of amides is 1. The van der Waals surface area contributed by atoms with Gasteiger partial charge < -0.3 is 9.84 Å². The summed E-state index contributed by atoms with van der Waals surface area (Å²) in [5.41, 5.74) is 2.38. The van der Waals surface area contributed by atoms with Gasteiger partial charge in [-0.3, -0.25) is 10.1 Å². The van der Waals surface area contributed by atoms with Crippen LogP contribution in [-0.2, 0) is 10.5 Å². The van der Waals surface area contributed by atoms with Crippen molar-refractivity contribution in [3.8, 4) is 0 Å². The summed E-state index contributed by atoms with van der Waals surface area (Å²) >= 11 is 7.18. The maximum atomic E-state index is 11.9. The number of anilines is 3. The van der Waals surface area contributed by atoms with E-state index in [-0.39, 0.29) is 17.6 Å². The van der Waals surface area contributed by atoms with E-state index in [1.54, 1.807) is 24.3 Å². The number of aromatic nitrogens is 4. The number of nitrogens with zero attached hydrogens (tertiary/aromatic N) is 4. The van der Waals surface area contributed by atoms with E-state index < -0.39 is 0 Å². The molecule has 0 aliphatic carbocycles. The van der Waals surface area contributed by atoms with Crippen LogP contribution in [0.1, 0.15) is 17.3 Å². The summed E-state index contributed by atoms with van der Waals surface area (Å²) in [5, 5.41) is 10.2. The van der Waals surface area contributed by atoms with Crippen LogP contribution in [0.2, 0.25) is 5.02 Å². The Morgan fingerprint density at radius 1 is 1.11 bits per heavy atom. The largest absolute Gasteiger partial charge is 0.336 e. The molecule has 3 rings (SSSR count). The molecule has 0 atom stereocenters. The highest BCUT2D eigenvalue weighted by atomic mass is 35.5. The Kier molecular flexibility index (Phi) is 6.25. The molecule has 1 amide bonds. The van der Waals surface area contributed by atoms with Gasteiger partial charge in [-0.25, -0.2) is 9.97 Å². The monoisotopic (exact) mass is 404 g/mol. The number of nitrogens with one attached hydrogen (secondary N) is 2. The molecule has 3 aromatic rings. The Morgan fingerprint density at radius 3 is 2.52 bits per heavy atom. The highest BCUT2D eigenvalue weighted by molar-refractivity contribution is 7.99. The van der Waals surface area contributed by atoms with Crippen LogP contribution in [0.15, 0.2) is 34.9 Å². The van der Waals surface area contributed by atoms with E-state index in [9.17, 15) is 4.79 Å². The summed E-state index contributed by atoms with van der Waals surface area (Å²) < 4.78 is 5.16. The second-order valence-electron chi connectivity index (χ2n) is 5.66. The number of carbonyl (C=O) groups is 1. The molecule has 0 bridgehead atoms. The van der Waals surface area contributed by atoms with E-state index in [4.69, 9.17) is 16.1 Å². The fraction of sp³-hybridized carbons (Fsp3) is 0.235. The molecule has 0 saturated carbocycles. The molecule has 27 heavy (non-hydrogen) atoms. The molecule has 140 valence electrons. The molecule has 0 radical (unpaired) electrons. The van der Waals surface area contributed by atoms with Crippen molar-refractivity contribution < 1.29 is 9.32 Å². The molecule has 0 aliphatic rings. The highest BCUT2D eigenvalue weighted by Gasteiger charge is 2.10. The SMILES string of the molecule is Cc1cc(C)nc(Nc2noc(CSCC(=O)Nc3ccc(Cl)cc3)n2)n1. The molecule has 0 aliphatic heterocycles. The first-order chi connectivity index (χ1) is 13.0. The number of aryl methyl sites for hydroxylation is 2. The first-order valence-corrected chi connectivity index (χ1v) is 9.56. The van der Waals surface area contributed by atoms with E-state index in [1.165, 1.54) is 11.8 Å². The van der Waals surface area contributed by atoms with Gasteiger partial charge in [0.05, 0.1) is 11.5 Å². The molecular formula is C17H17ClN6O2S. The van der Waals surface area contributed by atoms with Crippen molar-refractivity contribution in [3.05, 3.63) is 52.6 Å². The minimum absolute atomic E-state index is 0.121. The van der Waals surface area contributed by atoms with Gasteiger partial charge in [0.1, 0.15) is 0 Å². The Labute approximate surface area is 165 Å². The van der Waals surface area contributed by atoms with Crippen molar-refractivity contribution in [1.82, 2.24) is 20.1 Å². The number of thioether (sulfide) groups is 1. The smallest absolute Gasteiger partial charge is 0.270 e. The third-order valence-electron chi connectivity index (χ3n) is 3.26. The molecule has 10 heteroatoms. The topological polar surface area (TPSA) is 106 Å². The second-order valence-corrected chi connectivity index (χ2v) is 7.08. The van der Waals surface area contributed by atoms with Crippen LogP contribution in [-0.4, -0.2) is 31.8 Å². The normalized spacial score (nSPS) is 10.6. The molecule has 1 aromatic carbocycles. The van der Waals surface area contributed by atoms with Gasteiger partial charge >= 0.3 is 0 Å². The molecular weight excluding hydrogens is 388 g/mol. The van der Waals surface area contributed by atoms with Gasteiger partial charge in [0, 0.05) is 22.1 Å². The fourth-order valence-corrected chi connectivity index (χ4v) is 2.98. The van der Waals surface area contributed by atoms with E-state index >= 15 is 0 Å². The Hall–Kier alpha value is -2.65. The number of halogens is 1. The molecule has 2 heterocycles. The molecule has 2 aromatic heterocycles. The summed E-state index contributed by atoms with van der Waals surface area (Å²) in [4.78, 5) is 24.7.